The molecule has 1 aliphatic heterocycles. The van der Waals surface area contributed by atoms with Gasteiger partial charge in [-0.05, 0) is 29.9 Å². The lowest BCUT2D eigenvalue weighted by molar-refractivity contribution is -0.145. The fourth-order valence-corrected chi connectivity index (χ4v) is 4.89. The second-order valence-corrected chi connectivity index (χ2v) is 7.26. The minimum absolute atomic E-state index is 0.0662. The largest absolute Gasteiger partial charge is 0.459 e. The first-order valence-electron chi connectivity index (χ1n) is 6.26. The van der Waals surface area contributed by atoms with Crippen LogP contribution in [0.2, 0.25) is 0 Å². The summed E-state index contributed by atoms with van der Waals surface area (Å²) in [6.45, 7) is 2.44. The Morgan fingerprint density at radius 3 is 2.56 bits per heavy atom. The molecule has 0 N–H and O–H groups in total. The molecule has 0 unspecified atom stereocenters. The zero-order chi connectivity index (χ0) is 12.8. The predicted octanol–water partition coefficient (Wildman–Crippen LogP) is 3.71. The van der Waals surface area contributed by atoms with Gasteiger partial charge in [0, 0.05) is 0 Å². The number of carbonyl (C=O) groups excluding carboxylic acids is 1. The van der Waals surface area contributed by atoms with E-state index in [0.717, 1.165) is 23.5 Å². The Morgan fingerprint density at radius 1 is 1.28 bits per heavy atom. The van der Waals surface area contributed by atoms with E-state index in [1.807, 2.05) is 30.3 Å². The van der Waals surface area contributed by atoms with E-state index in [1.165, 1.54) is 6.42 Å². The van der Waals surface area contributed by atoms with Crippen molar-refractivity contribution in [1.29, 1.82) is 0 Å². The first-order valence-corrected chi connectivity index (χ1v) is 8.23. The van der Waals surface area contributed by atoms with Gasteiger partial charge >= 0.3 is 5.97 Å². The maximum atomic E-state index is 12.3. The number of hydrogen-bond donors (Lipinski definition) is 0. The normalized spacial score (nSPS) is 18.3. The number of thioether (sulfide) groups is 2. The van der Waals surface area contributed by atoms with Crippen molar-refractivity contribution in [3.05, 3.63) is 35.9 Å². The van der Waals surface area contributed by atoms with Gasteiger partial charge in [0.1, 0.15) is 6.61 Å². The van der Waals surface area contributed by atoms with Crippen LogP contribution in [0, 0.1) is 0 Å². The third kappa shape index (κ3) is 3.23. The van der Waals surface area contributed by atoms with Gasteiger partial charge in [0.2, 0.25) is 0 Å². The molecule has 2 rings (SSSR count). The molecule has 0 amide bonds. The number of rotatable bonds is 4. The molecule has 0 bridgehead atoms. The third-order valence-corrected chi connectivity index (χ3v) is 6.48. The SMILES string of the molecule is CCC1(C(=O)OCc2ccccc2)SCCCS1. The Morgan fingerprint density at radius 2 is 1.94 bits per heavy atom. The van der Waals surface area contributed by atoms with E-state index in [1.54, 1.807) is 23.5 Å². The summed E-state index contributed by atoms with van der Waals surface area (Å²) in [5.41, 5.74) is 1.04. The number of esters is 1. The Hall–Kier alpha value is -0.610. The summed E-state index contributed by atoms with van der Waals surface area (Å²) in [5.74, 6) is 2.05. The highest BCUT2D eigenvalue weighted by molar-refractivity contribution is 8.19. The van der Waals surface area contributed by atoms with Crippen molar-refractivity contribution >= 4 is 29.5 Å². The molecule has 1 aliphatic rings. The fourth-order valence-electron chi connectivity index (χ4n) is 1.87. The summed E-state index contributed by atoms with van der Waals surface area (Å²) in [5, 5.41) is 0. The van der Waals surface area contributed by atoms with Gasteiger partial charge < -0.3 is 4.74 Å². The Balaban J connectivity index is 1.94. The number of carbonyl (C=O) groups is 1. The molecule has 4 heteroatoms. The van der Waals surface area contributed by atoms with Crippen LogP contribution in [-0.4, -0.2) is 21.6 Å². The van der Waals surface area contributed by atoms with Crippen LogP contribution < -0.4 is 0 Å². The van der Waals surface area contributed by atoms with E-state index in [0.29, 0.717) is 6.61 Å². The molecular formula is C14H18O2S2. The molecule has 1 aromatic carbocycles. The Bertz CT molecular complexity index is 386. The second kappa shape index (κ2) is 6.53. The summed E-state index contributed by atoms with van der Waals surface area (Å²) in [6, 6.07) is 9.84. The fraction of sp³-hybridized carbons (Fsp3) is 0.500. The third-order valence-electron chi connectivity index (χ3n) is 2.95. The van der Waals surface area contributed by atoms with E-state index in [-0.39, 0.29) is 10.0 Å². The van der Waals surface area contributed by atoms with Crippen LogP contribution in [0.4, 0.5) is 0 Å². The average Bonchev–Trinajstić information content (AvgIpc) is 2.46. The molecule has 0 saturated carbocycles. The average molecular weight is 282 g/mol. The molecule has 98 valence electrons. The first-order chi connectivity index (χ1) is 8.77. The van der Waals surface area contributed by atoms with Crippen molar-refractivity contribution in [2.45, 2.75) is 30.5 Å². The molecule has 0 aliphatic carbocycles. The summed E-state index contributed by atoms with van der Waals surface area (Å²) in [4.78, 5) is 12.3. The monoisotopic (exact) mass is 282 g/mol. The highest BCUT2D eigenvalue weighted by Crippen LogP contribution is 2.45. The lowest BCUT2D eigenvalue weighted by Crippen LogP contribution is -2.35. The summed E-state index contributed by atoms with van der Waals surface area (Å²) in [7, 11) is 0. The van der Waals surface area contributed by atoms with Gasteiger partial charge in [-0.1, -0.05) is 37.3 Å². The minimum atomic E-state index is -0.368. The smallest absolute Gasteiger partial charge is 0.332 e. The maximum absolute atomic E-state index is 12.3. The quantitative estimate of drug-likeness (QED) is 0.787. The topological polar surface area (TPSA) is 26.3 Å². The van der Waals surface area contributed by atoms with Gasteiger partial charge in [0.15, 0.2) is 4.08 Å². The molecule has 1 fully saturated rings. The van der Waals surface area contributed by atoms with Crippen molar-refractivity contribution in [3.8, 4) is 0 Å². The van der Waals surface area contributed by atoms with E-state index in [2.05, 4.69) is 6.92 Å². The Kier molecular flexibility index (Phi) is 5.01. The summed E-state index contributed by atoms with van der Waals surface area (Å²) in [6.07, 6.45) is 2.01. The number of hydrogen-bond acceptors (Lipinski definition) is 4. The van der Waals surface area contributed by atoms with Crippen LogP contribution in [0.3, 0.4) is 0 Å². The van der Waals surface area contributed by atoms with E-state index in [9.17, 15) is 4.79 Å². The number of ether oxygens (including phenoxy) is 1. The van der Waals surface area contributed by atoms with Gasteiger partial charge in [-0.15, -0.1) is 23.5 Å². The van der Waals surface area contributed by atoms with Gasteiger partial charge in [-0.2, -0.15) is 0 Å². The molecule has 0 spiro atoms. The van der Waals surface area contributed by atoms with E-state index >= 15 is 0 Å². The van der Waals surface area contributed by atoms with Crippen molar-refractivity contribution < 1.29 is 9.53 Å². The van der Waals surface area contributed by atoms with Crippen LogP contribution in [0.1, 0.15) is 25.3 Å². The van der Waals surface area contributed by atoms with Crippen LogP contribution >= 0.6 is 23.5 Å². The maximum Gasteiger partial charge on any atom is 0.332 e. The Labute approximate surface area is 117 Å². The number of benzene rings is 1. The molecular weight excluding hydrogens is 264 g/mol. The highest BCUT2D eigenvalue weighted by Gasteiger charge is 2.41. The van der Waals surface area contributed by atoms with Crippen LogP contribution in [0.5, 0.6) is 0 Å². The van der Waals surface area contributed by atoms with E-state index in [4.69, 9.17) is 4.74 Å². The predicted molar refractivity (Wildman–Crippen MR) is 78.8 cm³/mol. The van der Waals surface area contributed by atoms with Crippen molar-refractivity contribution in [3.63, 3.8) is 0 Å². The van der Waals surface area contributed by atoms with Gasteiger partial charge in [-0.3, -0.25) is 0 Å². The molecule has 1 saturated heterocycles. The molecule has 2 nitrogen and oxygen atoms in total. The molecule has 1 aromatic rings. The zero-order valence-electron chi connectivity index (χ0n) is 10.6. The first kappa shape index (κ1) is 13.8. The van der Waals surface area contributed by atoms with Gasteiger partial charge in [0.05, 0.1) is 0 Å². The van der Waals surface area contributed by atoms with Crippen molar-refractivity contribution in [2.75, 3.05) is 11.5 Å². The second-order valence-electron chi connectivity index (χ2n) is 4.22. The lowest BCUT2D eigenvalue weighted by Gasteiger charge is -2.32. The highest BCUT2D eigenvalue weighted by atomic mass is 32.2. The molecule has 0 atom stereocenters. The molecule has 0 aromatic heterocycles. The lowest BCUT2D eigenvalue weighted by atomic mass is 10.2. The zero-order valence-corrected chi connectivity index (χ0v) is 12.2. The van der Waals surface area contributed by atoms with E-state index < -0.39 is 0 Å². The van der Waals surface area contributed by atoms with Gasteiger partial charge in [0.25, 0.3) is 0 Å². The van der Waals surface area contributed by atoms with Crippen molar-refractivity contribution in [1.82, 2.24) is 0 Å². The van der Waals surface area contributed by atoms with Crippen LogP contribution in [0.15, 0.2) is 30.3 Å². The van der Waals surface area contributed by atoms with Crippen LogP contribution in [0.25, 0.3) is 0 Å². The van der Waals surface area contributed by atoms with Crippen molar-refractivity contribution in [2.24, 2.45) is 0 Å². The summed E-state index contributed by atoms with van der Waals surface area (Å²) >= 11 is 3.48. The van der Waals surface area contributed by atoms with Gasteiger partial charge in [-0.25, -0.2) is 4.79 Å². The summed E-state index contributed by atoms with van der Waals surface area (Å²) < 4.78 is 5.11. The molecule has 1 heterocycles. The standard InChI is InChI=1S/C14H18O2S2/c1-2-14(17-9-6-10-18-14)13(15)16-11-12-7-4-3-5-8-12/h3-5,7-8H,2,6,9-11H2,1H3. The van der Waals surface area contributed by atoms with Crippen LogP contribution in [-0.2, 0) is 16.1 Å². The molecule has 18 heavy (non-hydrogen) atoms. The minimum Gasteiger partial charge on any atom is -0.459 e. The molecule has 0 radical (unpaired) electrons.